The van der Waals surface area contributed by atoms with Crippen LogP contribution in [0.4, 0.5) is 19.0 Å². The number of carbonyl (C=O) groups excluding carboxylic acids is 2. The fourth-order valence-electron chi connectivity index (χ4n) is 4.80. The number of aryl methyl sites for hydroxylation is 1. The number of allylic oxidation sites excluding steroid dienone is 1. The smallest absolute Gasteiger partial charge is 0.420 e. The van der Waals surface area contributed by atoms with Gasteiger partial charge in [0.2, 0.25) is 0 Å². The van der Waals surface area contributed by atoms with Crippen LogP contribution in [0.3, 0.4) is 0 Å². The van der Waals surface area contributed by atoms with Crippen molar-refractivity contribution in [2.24, 2.45) is 0 Å². The van der Waals surface area contributed by atoms with E-state index in [4.69, 9.17) is 14.9 Å². The molecule has 0 unspecified atom stereocenters. The summed E-state index contributed by atoms with van der Waals surface area (Å²) in [6, 6.07) is 10.5. The van der Waals surface area contributed by atoms with Crippen LogP contribution in [-0.2, 0) is 22.1 Å². The number of ether oxygens (including phenoxy) is 1. The van der Waals surface area contributed by atoms with Crippen molar-refractivity contribution < 1.29 is 31.9 Å². The molecule has 0 bridgehead atoms. The lowest BCUT2D eigenvalue weighted by molar-refractivity contribution is -0.136. The Hall–Kier alpha value is -4.51. The van der Waals surface area contributed by atoms with Gasteiger partial charge in [-0.25, -0.2) is 4.98 Å². The van der Waals surface area contributed by atoms with E-state index in [-0.39, 0.29) is 52.5 Å². The molecule has 218 valence electrons. The lowest BCUT2D eigenvalue weighted by Crippen LogP contribution is -2.55. The zero-order valence-electron chi connectivity index (χ0n) is 23.1. The Morgan fingerprint density at radius 3 is 2.57 bits per heavy atom. The van der Waals surface area contributed by atoms with E-state index in [2.05, 4.69) is 9.97 Å². The first-order chi connectivity index (χ1) is 19.9. The third-order valence-corrected chi connectivity index (χ3v) is 7.06. The van der Waals surface area contributed by atoms with Crippen LogP contribution in [0, 0.1) is 0 Å². The number of hydrogen-bond donors (Lipinski definition) is 1. The molecule has 1 saturated heterocycles. The van der Waals surface area contributed by atoms with Crippen LogP contribution in [0.25, 0.3) is 28.3 Å². The Morgan fingerprint density at radius 1 is 1.10 bits per heavy atom. The summed E-state index contributed by atoms with van der Waals surface area (Å²) in [6.45, 7) is 5.09. The number of carbonyl (C=O) groups is 2. The molecule has 0 atom stereocenters. The van der Waals surface area contributed by atoms with E-state index in [0.717, 1.165) is 6.07 Å². The molecule has 1 amide bonds. The molecule has 3 aromatic heterocycles. The number of rotatable bonds is 7. The molecular weight excluding hydrogens is 549 g/mol. The molecule has 4 aromatic rings. The summed E-state index contributed by atoms with van der Waals surface area (Å²) < 4.78 is 53.2. The van der Waals surface area contributed by atoms with Gasteiger partial charge in [0.05, 0.1) is 35.6 Å². The first-order valence-electron chi connectivity index (χ1n) is 13.3. The fraction of sp³-hybridized carbons (Fsp3) is 0.290. The largest absolute Gasteiger partial charge is 0.460 e. The highest BCUT2D eigenvalue weighted by Gasteiger charge is 2.36. The summed E-state index contributed by atoms with van der Waals surface area (Å²) in [5.74, 6) is 0.178. The Balaban J connectivity index is 1.36. The lowest BCUT2D eigenvalue weighted by atomic mass is 10.0. The average Bonchev–Trinajstić information content (AvgIpc) is 3.37. The summed E-state index contributed by atoms with van der Waals surface area (Å²) in [4.78, 5) is 35.4. The number of alkyl halides is 3. The Bertz CT molecular complexity index is 1640. The van der Waals surface area contributed by atoms with Crippen molar-refractivity contribution in [1.29, 1.82) is 0 Å². The molecule has 8 nitrogen and oxygen atoms in total. The minimum Gasteiger partial charge on any atom is -0.460 e. The van der Waals surface area contributed by atoms with Gasteiger partial charge in [-0.3, -0.25) is 14.6 Å². The topological polar surface area (TPSA) is 112 Å². The number of halogens is 3. The van der Waals surface area contributed by atoms with Crippen molar-refractivity contribution in [2.75, 3.05) is 25.5 Å². The molecule has 1 fully saturated rings. The molecule has 1 aromatic carbocycles. The zero-order chi connectivity index (χ0) is 30.1. The molecule has 11 heteroatoms. The number of nitrogens with two attached hydrogens (primary N) is 1. The van der Waals surface area contributed by atoms with Crippen LogP contribution in [0.5, 0.6) is 0 Å². The second-order valence-corrected chi connectivity index (χ2v) is 10.7. The summed E-state index contributed by atoms with van der Waals surface area (Å²) in [5.41, 5.74) is 5.35. The number of furan rings is 1. The summed E-state index contributed by atoms with van der Waals surface area (Å²) in [7, 11) is 0. The molecule has 1 aliphatic heterocycles. The first kappa shape index (κ1) is 29.0. The average molecular weight is 579 g/mol. The molecule has 5 rings (SSSR count). The van der Waals surface area contributed by atoms with E-state index < -0.39 is 17.3 Å². The number of amides is 1. The van der Waals surface area contributed by atoms with Crippen LogP contribution < -0.4 is 5.73 Å². The van der Waals surface area contributed by atoms with Gasteiger partial charge < -0.3 is 19.8 Å². The molecule has 42 heavy (non-hydrogen) atoms. The highest BCUT2D eigenvalue weighted by Crippen LogP contribution is 2.39. The van der Waals surface area contributed by atoms with Gasteiger partial charge in [-0.15, -0.1) is 0 Å². The second-order valence-electron chi connectivity index (χ2n) is 10.7. The number of hydrogen-bond acceptors (Lipinski definition) is 7. The monoisotopic (exact) mass is 578 g/mol. The summed E-state index contributed by atoms with van der Waals surface area (Å²) in [5, 5.41) is 0.239. The number of nitrogens with zero attached hydrogens (tertiary/aromatic N) is 3. The minimum atomic E-state index is -4.69. The molecule has 2 N–H and O–H groups in total. The Morgan fingerprint density at radius 2 is 1.90 bits per heavy atom. The number of pyridine rings is 2. The van der Waals surface area contributed by atoms with Gasteiger partial charge in [0.25, 0.3) is 5.91 Å². The lowest BCUT2D eigenvalue weighted by Gasteiger charge is -2.42. The number of anilines is 1. The number of aromatic nitrogens is 2. The number of ketones is 1. The van der Waals surface area contributed by atoms with Crippen molar-refractivity contribution >= 4 is 34.6 Å². The van der Waals surface area contributed by atoms with Gasteiger partial charge >= 0.3 is 6.18 Å². The molecule has 0 spiro atoms. The maximum absolute atomic E-state index is 14.1. The van der Waals surface area contributed by atoms with E-state index in [1.54, 1.807) is 35.2 Å². The molecular formula is C31H29F3N4O4. The molecule has 0 saturated carbocycles. The minimum absolute atomic E-state index is 0.0456. The van der Waals surface area contributed by atoms with Gasteiger partial charge in [0, 0.05) is 42.7 Å². The highest BCUT2D eigenvalue weighted by molar-refractivity contribution is 5.95. The third-order valence-electron chi connectivity index (χ3n) is 7.06. The number of morpholine rings is 1. The van der Waals surface area contributed by atoms with E-state index in [9.17, 15) is 22.8 Å². The molecule has 0 aliphatic carbocycles. The van der Waals surface area contributed by atoms with E-state index in [1.807, 2.05) is 13.8 Å². The van der Waals surface area contributed by atoms with E-state index >= 15 is 0 Å². The van der Waals surface area contributed by atoms with Gasteiger partial charge in [-0.05, 0) is 74.0 Å². The van der Waals surface area contributed by atoms with Crippen molar-refractivity contribution in [2.45, 2.75) is 38.4 Å². The van der Waals surface area contributed by atoms with Crippen molar-refractivity contribution in [1.82, 2.24) is 14.9 Å². The van der Waals surface area contributed by atoms with Crippen LogP contribution >= 0.6 is 0 Å². The zero-order valence-corrected chi connectivity index (χ0v) is 23.1. The maximum atomic E-state index is 14.1. The summed E-state index contributed by atoms with van der Waals surface area (Å²) in [6.07, 6.45) is 1.36. The summed E-state index contributed by atoms with van der Waals surface area (Å²) >= 11 is 0. The number of fused-ring (bicyclic) bond motifs is 1. The normalized spacial score (nSPS) is 15.4. The first-order valence-corrected chi connectivity index (χ1v) is 13.3. The fourth-order valence-corrected chi connectivity index (χ4v) is 4.80. The van der Waals surface area contributed by atoms with Gasteiger partial charge in [-0.2, -0.15) is 13.2 Å². The van der Waals surface area contributed by atoms with Crippen LogP contribution in [0.15, 0.2) is 65.4 Å². The predicted molar refractivity (Wildman–Crippen MR) is 151 cm³/mol. The number of nitrogen functional groups attached to an aromatic ring is 1. The molecule has 4 heterocycles. The quantitative estimate of drug-likeness (QED) is 0.270. The van der Waals surface area contributed by atoms with Gasteiger partial charge in [-0.1, -0.05) is 0 Å². The van der Waals surface area contributed by atoms with E-state index in [1.165, 1.54) is 30.6 Å². The second kappa shape index (κ2) is 11.4. The Kier molecular flexibility index (Phi) is 7.87. The predicted octanol–water partition coefficient (Wildman–Crippen LogP) is 5.96. The van der Waals surface area contributed by atoms with Crippen LogP contribution in [0.2, 0.25) is 0 Å². The standard InChI is InChI=1S/C31H29F3N4O4/c1-30(2)18-41-12-11-38(30)29(40)20-5-9-26(36-17-20)21-13-22-14-24(42-28(22)25(15-21)31(32,33)34)8-7-23(39)6-3-19-4-10-27(35)37-16-19/h3-6,9-10,13-17H,7-8,11-12,18H2,1-2H3,(H2,35,37)/b6-3+. The SMILES string of the molecule is CC1(C)COCCN1C(=O)c1ccc(-c2cc(C(F)(F)F)c3oc(CCC(=O)/C=C/c4ccc(N)nc4)cc3c2)nc1. The van der Waals surface area contributed by atoms with Crippen molar-refractivity contribution in [3.8, 4) is 11.3 Å². The van der Waals surface area contributed by atoms with Crippen molar-refractivity contribution in [3.63, 3.8) is 0 Å². The van der Waals surface area contributed by atoms with Crippen molar-refractivity contribution in [3.05, 3.63) is 83.4 Å². The molecule has 0 radical (unpaired) electrons. The number of benzene rings is 1. The van der Waals surface area contributed by atoms with Gasteiger partial charge in [0.15, 0.2) is 5.78 Å². The van der Waals surface area contributed by atoms with Crippen LogP contribution in [0.1, 0.15) is 47.5 Å². The van der Waals surface area contributed by atoms with Crippen LogP contribution in [-0.4, -0.2) is 51.9 Å². The van der Waals surface area contributed by atoms with E-state index in [0.29, 0.717) is 36.7 Å². The highest BCUT2D eigenvalue weighted by atomic mass is 19.4. The molecule has 1 aliphatic rings. The third kappa shape index (κ3) is 6.36. The maximum Gasteiger partial charge on any atom is 0.420 e. The Labute approximate surface area is 240 Å². The van der Waals surface area contributed by atoms with Gasteiger partial charge in [0.1, 0.15) is 17.2 Å².